The van der Waals surface area contributed by atoms with Crippen molar-refractivity contribution in [3.63, 3.8) is 0 Å². The normalized spacial score (nSPS) is 11.0. The molecule has 0 amide bonds. The minimum atomic E-state index is -1.42. The van der Waals surface area contributed by atoms with Gasteiger partial charge in [-0.3, -0.25) is 4.79 Å². The average molecular weight is 364 g/mol. The fraction of sp³-hybridized carbons (Fsp3) is 0.125. The van der Waals surface area contributed by atoms with Crippen LogP contribution in [0.1, 0.15) is 21.7 Å². The highest BCUT2D eigenvalue weighted by Crippen LogP contribution is 2.25. The highest BCUT2D eigenvalue weighted by atomic mass is 35.5. The standard InChI is InChI=1S/C16H11Cl2N3O3/c1-7-5-12-13(19-8(7)2)15(22)14(16(23)24)20-21(12)9-3-4-10(17)11(18)6-9/h3-6H,1-2H3,(H,23,24). The molecule has 0 aliphatic heterocycles. The first kappa shape index (κ1) is 16.4. The molecule has 0 saturated carbocycles. The van der Waals surface area contributed by atoms with Gasteiger partial charge in [-0.15, -0.1) is 0 Å². The molecule has 0 bridgehead atoms. The van der Waals surface area contributed by atoms with E-state index >= 15 is 0 Å². The first-order valence-corrected chi connectivity index (χ1v) is 7.65. The van der Waals surface area contributed by atoms with Crippen molar-refractivity contribution in [3.8, 4) is 5.69 Å². The zero-order valence-corrected chi connectivity index (χ0v) is 14.2. The van der Waals surface area contributed by atoms with Gasteiger partial charge in [0, 0.05) is 5.69 Å². The van der Waals surface area contributed by atoms with Crippen molar-refractivity contribution in [2.45, 2.75) is 13.8 Å². The molecule has 0 atom stereocenters. The van der Waals surface area contributed by atoms with Crippen molar-refractivity contribution in [2.24, 2.45) is 0 Å². The van der Waals surface area contributed by atoms with E-state index in [2.05, 4.69) is 10.1 Å². The van der Waals surface area contributed by atoms with Crippen LogP contribution in [0.4, 0.5) is 0 Å². The van der Waals surface area contributed by atoms with E-state index in [1.165, 1.54) is 4.68 Å². The Labute approximate surface area is 146 Å². The number of pyridine rings is 1. The number of hydrogen-bond donors (Lipinski definition) is 1. The number of aromatic nitrogens is 3. The highest BCUT2D eigenvalue weighted by molar-refractivity contribution is 6.42. The third-order valence-corrected chi connectivity index (χ3v) is 4.39. The van der Waals surface area contributed by atoms with Crippen LogP contribution in [0.5, 0.6) is 0 Å². The number of carbonyl (C=O) groups is 1. The zero-order valence-electron chi connectivity index (χ0n) is 12.7. The Morgan fingerprint density at radius 1 is 1.17 bits per heavy atom. The molecule has 0 spiro atoms. The predicted molar refractivity (Wildman–Crippen MR) is 91.6 cm³/mol. The number of carboxylic acids is 1. The van der Waals surface area contributed by atoms with Crippen molar-refractivity contribution in [3.05, 3.63) is 61.5 Å². The number of aromatic carboxylic acids is 1. The molecular formula is C16H11Cl2N3O3. The summed E-state index contributed by atoms with van der Waals surface area (Å²) < 4.78 is 1.34. The summed E-state index contributed by atoms with van der Waals surface area (Å²) in [5, 5.41) is 13.9. The van der Waals surface area contributed by atoms with E-state index in [9.17, 15) is 14.7 Å². The lowest BCUT2D eigenvalue weighted by molar-refractivity contribution is 0.0687. The summed E-state index contributed by atoms with van der Waals surface area (Å²) in [5.74, 6) is -1.42. The van der Waals surface area contributed by atoms with Crippen molar-refractivity contribution in [1.29, 1.82) is 0 Å². The van der Waals surface area contributed by atoms with Gasteiger partial charge in [0.2, 0.25) is 11.1 Å². The Bertz CT molecular complexity index is 1060. The molecule has 1 aromatic carbocycles. The second kappa shape index (κ2) is 5.89. The summed E-state index contributed by atoms with van der Waals surface area (Å²) in [5.41, 5.74) is 1.06. The van der Waals surface area contributed by atoms with Gasteiger partial charge >= 0.3 is 5.97 Å². The van der Waals surface area contributed by atoms with Gasteiger partial charge in [0.1, 0.15) is 5.52 Å². The Morgan fingerprint density at radius 3 is 2.50 bits per heavy atom. The maximum atomic E-state index is 12.4. The molecule has 3 aromatic rings. The Balaban J connectivity index is 2.47. The molecule has 0 fully saturated rings. The molecule has 6 nitrogen and oxygen atoms in total. The fourth-order valence-corrected chi connectivity index (χ4v) is 2.58. The largest absolute Gasteiger partial charge is 0.476 e. The molecule has 0 aliphatic rings. The Hall–Kier alpha value is -2.44. The number of hydrogen-bond acceptors (Lipinski definition) is 4. The van der Waals surface area contributed by atoms with Gasteiger partial charge in [0.25, 0.3) is 0 Å². The molecule has 8 heteroatoms. The van der Waals surface area contributed by atoms with Gasteiger partial charge in [-0.1, -0.05) is 23.2 Å². The molecule has 2 aromatic heterocycles. The first-order chi connectivity index (χ1) is 11.3. The van der Waals surface area contributed by atoms with Gasteiger partial charge in [0.15, 0.2) is 0 Å². The molecule has 122 valence electrons. The number of nitrogens with zero attached hydrogens (tertiary/aromatic N) is 3. The van der Waals surface area contributed by atoms with Crippen LogP contribution in [-0.2, 0) is 0 Å². The third-order valence-electron chi connectivity index (χ3n) is 3.65. The lowest BCUT2D eigenvalue weighted by atomic mass is 10.2. The molecule has 0 unspecified atom stereocenters. The Kier molecular flexibility index (Phi) is 4.03. The summed E-state index contributed by atoms with van der Waals surface area (Å²) in [6, 6.07) is 6.48. The number of aryl methyl sites for hydroxylation is 2. The SMILES string of the molecule is Cc1cc2c(nc1C)c(=O)c(C(=O)O)nn2-c1ccc(Cl)c(Cl)c1. The van der Waals surface area contributed by atoms with Gasteiger partial charge in [-0.05, 0) is 43.7 Å². The van der Waals surface area contributed by atoms with Crippen LogP contribution in [0.25, 0.3) is 16.7 Å². The van der Waals surface area contributed by atoms with E-state index in [1.807, 2.05) is 6.92 Å². The van der Waals surface area contributed by atoms with E-state index < -0.39 is 17.1 Å². The molecule has 0 aliphatic carbocycles. The molecule has 24 heavy (non-hydrogen) atoms. The number of benzene rings is 1. The van der Waals surface area contributed by atoms with Crippen LogP contribution in [-0.4, -0.2) is 25.8 Å². The first-order valence-electron chi connectivity index (χ1n) is 6.89. The maximum Gasteiger partial charge on any atom is 0.360 e. The van der Waals surface area contributed by atoms with E-state index in [-0.39, 0.29) is 10.5 Å². The van der Waals surface area contributed by atoms with Gasteiger partial charge < -0.3 is 5.11 Å². The summed E-state index contributed by atoms with van der Waals surface area (Å²) in [4.78, 5) is 28.0. The summed E-state index contributed by atoms with van der Waals surface area (Å²) in [6.07, 6.45) is 0. The number of carboxylic acid groups (broad SMARTS) is 1. The number of rotatable bonds is 2. The molecule has 0 saturated heterocycles. The second-order valence-electron chi connectivity index (χ2n) is 5.25. The quantitative estimate of drug-likeness (QED) is 0.753. The highest BCUT2D eigenvalue weighted by Gasteiger charge is 2.19. The zero-order chi connectivity index (χ0) is 17.6. The number of halogens is 2. The van der Waals surface area contributed by atoms with Crippen LogP contribution in [0.3, 0.4) is 0 Å². The topological polar surface area (TPSA) is 85.1 Å². The van der Waals surface area contributed by atoms with E-state index in [0.717, 1.165) is 5.56 Å². The minimum Gasteiger partial charge on any atom is -0.476 e. The second-order valence-corrected chi connectivity index (χ2v) is 6.07. The van der Waals surface area contributed by atoms with Crippen LogP contribution in [0.2, 0.25) is 10.0 Å². The molecule has 1 N–H and O–H groups in total. The van der Waals surface area contributed by atoms with Crippen LogP contribution in [0, 0.1) is 13.8 Å². The van der Waals surface area contributed by atoms with E-state index in [1.54, 1.807) is 31.2 Å². The molecule has 2 heterocycles. The minimum absolute atomic E-state index is 0.0385. The van der Waals surface area contributed by atoms with Crippen LogP contribution >= 0.6 is 23.2 Å². The third kappa shape index (κ3) is 2.64. The van der Waals surface area contributed by atoms with Gasteiger partial charge in [-0.2, -0.15) is 5.10 Å². The summed E-state index contributed by atoms with van der Waals surface area (Å²) in [6.45, 7) is 3.59. The van der Waals surface area contributed by atoms with E-state index in [4.69, 9.17) is 23.2 Å². The van der Waals surface area contributed by atoms with Crippen LogP contribution < -0.4 is 5.43 Å². The lowest BCUT2D eigenvalue weighted by Crippen LogP contribution is -2.23. The molecule has 3 rings (SSSR count). The van der Waals surface area contributed by atoms with Gasteiger partial charge in [0.05, 0.1) is 21.2 Å². The lowest BCUT2D eigenvalue weighted by Gasteiger charge is -2.12. The smallest absolute Gasteiger partial charge is 0.360 e. The predicted octanol–water partition coefficient (Wildman–Crippen LogP) is 3.40. The Morgan fingerprint density at radius 2 is 1.88 bits per heavy atom. The molecular weight excluding hydrogens is 353 g/mol. The maximum absolute atomic E-state index is 12.4. The van der Waals surface area contributed by atoms with E-state index in [0.29, 0.717) is 21.9 Å². The monoisotopic (exact) mass is 363 g/mol. The van der Waals surface area contributed by atoms with Crippen molar-refractivity contribution >= 4 is 40.2 Å². The fourth-order valence-electron chi connectivity index (χ4n) is 2.28. The van der Waals surface area contributed by atoms with Gasteiger partial charge in [-0.25, -0.2) is 14.5 Å². The van der Waals surface area contributed by atoms with Crippen molar-refractivity contribution in [2.75, 3.05) is 0 Å². The summed E-state index contributed by atoms with van der Waals surface area (Å²) >= 11 is 12.0. The van der Waals surface area contributed by atoms with Crippen LogP contribution in [0.15, 0.2) is 29.1 Å². The van der Waals surface area contributed by atoms with Crippen molar-refractivity contribution in [1.82, 2.24) is 14.8 Å². The average Bonchev–Trinajstić information content (AvgIpc) is 2.52. The summed E-state index contributed by atoms with van der Waals surface area (Å²) in [7, 11) is 0. The molecule has 0 radical (unpaired) electrons. The number of fused-ring (bicyclic) bond motifs is 1. The van der Waals surface area contributed by atoms with Crippen molar-refractivity contribution < 1.29 is 9.90 Å².